The number of sulfonamides is 1. The number of carboxylic acid groups (broad SMARTS) is 1. The van der Waals surface area contributed by atoms with Crippen molar-refractivity contribution in [1.29, 1.82) is 0 Å². The van der Waals surface area contributed by atoms with E-state index in [1.807, 2.05) is 31.2 Å². The van der Waals surface area contributed by atoms with Crippen molar-refractivity contribution in [3.8, 4) is 5.75 Å². The number of ether oxygens (including phenoxy) is 1. The molecular weight excluding hydrogens is 414 g/mol. The van der Waals surface area contributed by atoms with Gasteiger partial charge >= 0.3 is 5.97 Å². The Bertz CT molecular complexity index is 1170. The van der Waals surface area contributed by atoms with Gasteiger partial charge in [0.05, 0.1) is 16.1 Å². The lowest BCUT2D eigenvalue weighted by Gasteiger charge is -2.23. The minimum atomic E-state index is -3.92. The van der Waals surface area contributed by atoms with Crippen molar-refractivity contribution in [2.24, 2.45) is 0 Å². The summed E-state index contributed by atoms with van der Waals surface area (Å²) in [4.78, 5) is 11.3. The molecule has 3 aromatic carbocycles. The van der Waals surface area contributed by atoms with Crippen molar-refractivity contribution in [2.45, 2.75) is 32.3 Å². The highest BCUT2D eigenvalue weighted by atomic mass is 32.2. The van der Waals surface area contributed by atoms with E-state index in [9.17, 15) is 18.3 Å². The van der Waals surface area contributed by atoms with E-state index < -0.39 is 16.0 Å². The Morgan fingerprint density at radius 2 is 1.61 bits per heavy atom. The molecule has 0 saturated heterocycles. The highest BCUT2D eigenvalue weighted by Crippen LogP contribution is 2.27. The fourth-order valence-electron chi connectivity index (χ4n) is 3.17. The second-order valence-corrected chi connectivity index (χ2v) is 9.08. The molecule has 0 aliphatic rings. The van der Waals surface area contributed by atoms with Crippen LogP contribution in [-0.4, -0.2) is 26.0 Å². The predicted octanol–water partition coefficient (Wildman–Crippen LogP) is 4.80. The number of aromatic carboxylic acids is 1. The van der Waals surface area contributed by atoms with E-state index in [0.29, 0.717) is 23.6 Å². The monoisotopic (exact) mass is 439 g/mol. The molecule has 31 heavy (non-hydrogen) atoms. The third-order valence-corrected chi connectivity index (χ3v) is 6.86. The van der Waals surface area contributed by atoms with Gasteiger partial charge < -0.3 is 9.84 Å². The van der Waals surface area contributed by atoms with Crippen LogP contribution < -0.4 is 9.04 Å². The van der Waals surface area contributed by atoms with E-state index >= 15 is 0 Å². The van der Waals surface area contributed by atoms with Crippen LogP contribution in [0.1, 0.15) is 34.0 Å². The van der Waals surface area contributed by atoms with Crippen LogP contribution in [-0.2, 0) is 16.6 Å². The van der Waals surface area contributed by atoms with Gasteiger partial charge in [-0.25, -0.2) is 13.2 Å². The Labute approximate surface area is 182 Å². The lowest BCUT2D eigenvalue weighted by Crippen LogP contribution is -2.31. The molecule has 0 atom stereocenters. The maximum atomic E-state index is 13.2. The zero-order chi connectivity index (χ0) is 22.6. The largest absolute Gasteiger partial charge is 0.489 e. The molecule has 3 rings (SSSR count). The Kier molecular flexibility index (Phi) is 6.65. The maximum Gasteiger partial charge on any atom is 0.335 e. The van der Waals surface area contributed by atoms with Crippen LogP contribution in [0.4, 0.5) is 5.69 Å². The van der Waals surface area contributed by atoms with Crippen LogP contribution in [0.15, 0.2) is 71.6 Å². The van der Waals surface area contributed by atoms with Gasteiger partial charge in [-0.05, 0) is 68.3 Å². The second kappa shape index (κ2) is 9.22. The van der Waals surface area contributed by atoms with Crippen molar-refractivity contribution >= 4 is 21.7 Å². The zero-order valence-electron chi connectivity index (χ0n) is 17.7. The Balaban J connectivity index is 1.80. The topological polar surface area (TPSA) is 83.9 Å². The highest BCUT2D eigenvalue weighted by molar-refractivity contribution is 7.92. The SMILES string of the molecule is CCN(c1ccc(OCc2ccc(C)cc2)cc1)S(=O)(=O)c1ccc(C)c(C(=O)O)c1. The molecule has 0 spiro atoms. The lowest BCUT2D eigenvalue weighted by atomic mass is 10.1. The van der Waals surface area contributed by atoms with Gasteiger partial charge in [0.25, 0.3) is 10.0 Å². The average Bonchev–Trinajstić information content (AvgIpc) is 2.74. The minimum Gasteiger partial charge on any atom is -0.489 e. The fourth-order valence-corrected chi connectivity index (χ4v) is 4.67. The van der Waals surface area contributed by atoms with Crippen molar-refractivity contribution in [3.63, 3.8) is 0 Å². The summed E-state index contributed by atoms with van der Waals surface area (Å²) in [5, 5.41) is 9.32. The van der Waals surface area contributed by atoms with E-state index in [2.05, 4.69) is 0 Å². The number of anilines is 1. The first-order valence-electron chi connectivity index (χ1n) is 9.87. The molecule has 6 nitrogen and oxygen atoms in total. The molecule has 0 saturated carbocycles. The molecule has 7 heteroatoms. The van der Waals surface area contributed by atoms with Crippen molar-refractivity contribution in [3.05, 3.63) is 89.0 Å². The molecule has 0 aromatic heterocycles. The second-order valence-electron chi connectivity index (χ2n) is 7.22. The van der Waals surface area contributed by atoms with Crippen molar-refractivity contribution < 1.29 is 23.1 Å². The van der Waals surface area contributed by atoms with E-state index in [1.54, 1.807) is 38.1 Å². The molecule has 0 bridgehead atoms. The third kappa shape index (κ3) is 5.06. The number of benzene rings is 3. The summed E-state index contributed by atoms with van der Waals surface area (Å²) in [5.41, 5.74) is 3.17. The fraction of sp³-hybridized carbons (Fsp3) is 0.208. The molecule has 0 unspecified atom stereocenters. The summed E-state index contributed by atoms with van der Waals surface area (Å²) in [7, 11) is -3.92. The standard InChI is InChI=1S/C24H25NO5S/c1-4-25(31(28,29)22-14-7-18(3)23(15-22)24(26)27)20-10-12-21(13-11-20)30-16-19-8-5-17(2)6-9-19/h5-15H,4,16H2,1-3H3,(H,26,27). The normalized spacial score (nSPS) is 11.2. The van der Waals surface area contributed by atoms with Gasteiger partial charge in [0.15, 0.2) is 0 Å². The van der Waals surface area contributed by atoms with Crippen LogP contribution in [0.2, 0.25) is 0 Å². The minimum absolute atomic E-state index is 0.0306. The highest BCUT2D eigenvalue weighted by Gasteiger charge is 2.25. The zero-order valence-corrected chi connectivity index (χ0v) is 18.5. The number of rotatable bonds is 8. The molecule has 0 aliphatic carbocycles. The number of nitrogens with zero attached hydrogens (tertiary/aromatic N) is 1. The molecule has 0 heterocycles. The summed E-state index contributed by atoms with van der Waals surface area (Å²) in [5.74, 6) is -0.533. The van der Waals surface area contributed by atoms with Gasteiger partial charge in [0.2, 0.25) is 0 Å². The van der Waals surface area contributed by atoms with Gasteiger partial charge in [-0.2, -0.15) is 0 Å². The summed E-state index contributed by atoms with van der Waals surface area (Å²) in [6.45, 7) is 5.99. The van der Waals surface area contributed by atoms with Crippen LogP contribution in [0, 0.1) is 13.8 Å². The molecule has 0 aliphatic heterocycles. The Hall–Kier alpha value is -3.32. The number of hydrogen-bond acceptors (Lipinski definition) is 4. The van der Waals surface area contributed by atoms with Crippen molar-refractivity contribution in [1.82, 2.24) is 0 Å². The number of hydrogen-bond donors (Lipinski definition) is 1. The predicted molar refractivity (Wildman–Crippen MR) is 120 cm³/mol. The molecule has 0 radical (unpaired) electrons. The average molecular weight is 440 g/mol. The first-order chi connectivity index (χ1) is 14.7. The first-order valence-corrected chi connectivity index (χ1v) is 11.3. The summed E-state index contributed by atoms with van der Waals surface area (Å²) < 4.78 is 33.4. The maximum absolute atomic E-state index is 13.2. The molecule has 3 aromatic rings. The van der Waals surface area contributed by atoms with Crippen LogP contribution in [0.3, 0.4) is 0 Å². The Morgan fingerprint density at radius 3 is 2.19 bits per heavy atom. The summed E-state index contributed by atoms with van der Waals surface area (Å²) >= 11 is 0. The third-order valence-electron chi connectivity index (χ3n) is 4.97. The summed E-state index contributed by atoms with van der Waals surface area (Å²) in [6, 6.07) is 19.0. The molecule has 162 valence electrons. The van der Waals surface area contributed by atoms with Crippen LogP contribution in [0.25, 0.3) is 0 Å². The molecule has 0 amide bonds. The lowest BCUT2D eigenvalue weighted by molar-refractivity contribution is 0.0696. The first kappa shape index (κ1) is 22.4. The van der Waals surface area contributed by atoms with E-state index in [1.165, 1.54) is 28.1 Å². The smallest absolute Gasteiger partial charge is 0.335 e. The van der Waals surface area contributed by atoms with Crippen molar-refractivity contribution in [2.75, 3.05) is 10.8 Å². The van der Waals surface area contributed by atoms with Crippen LogP contribution >= 0.6 is 0 Å². The molecular formula is C24H25NO5S. The number of carboxylic acids is 1. The van der Waals surface area contributed by atoms with Crippen LogP contribution in [0.5, 0.6) is 5.75 Å². The van der Waals surface area contributed by atoms with Gasteiger partial charge in [-0.15, -0.1) is 0 Å². The molecule has 1 N–H and O–H groups in total. The molecule has 0 fully saturated rings. The van der Waals surface area contributed by atoms with E-state index in [4.69, 9.17) is 4.74 Å². The quantitative estimate of drug-likeness (QED) is 0.545. The van der Waals surface area contributed by atoms with Gasteiger partial charge in [0, 0.05) is 6.54 Å². The number of aryl methyl sites for hydroxylation is 2. The van der Waals surface area contributed by atoms with Gasteiger partial charge in [-0.3, -0.25) is 4.31 Å². The van der Waals surface area contributed by atoms with E-state index in [-0.39, 0.29) is 17.0 Å². The number of carbonyl (C=O) groups is 1. The van der Waals surface area contributed by atoms with E-state index in [0.717, 1.165) is 5.56 Å². The Morgan fingerprint density at radius 1 is 0.968 bits per heavy atom. The van der Waals surface area contributed by atoms with Gasteiger partial charge in [0.1, 0.15) is 12.4 Å². The summed E-state index contributed by atoms with van der Waals surface area (Å²) in [6.07, 6.45) is 0. The van der Waals surface area contributed by atoms with Gasteiger partial charge in [-0.1, -0.05) is 35.9 Å².